The van der Waals surface area contributed by atoms with Crippen molar-refractivity contribution in [2.45, 2.75) is 38.8 Å². The lowest BCUT2D eigenvalue weighted by atomic mass is 10.1. The van der Waals surface area contributed by atoms with Crippen molar-refractivity contribution < 1.29 is 4.74 Å². The van der Waals surface area contributed by atoms with Crippen molar-refractivity contribution in [1.82, 2.24) is 14.8 Å². The molecule has 2 N–H and O–H groups in total. The highest BCUT2D eigenvalue weighted by molar-refractivity contribution is 7.18. The molecule has 0 unspecified atom stereocenters. The summed E-state index contributed by atoms with van der Waals surface area (Å²) < 4.78 is 7.69. The highest BCUT2D eigenvalue weighted by Crippen LogP contribution is 2.29. The van der Waals surface area contributed by atoms with E-state index in [-0.39, 0.29) is 0 Å². The van der Waals surface area contributed by atoms with Crippen molar-refractivity contribution in [3.63, 3.8) is 0 Å². The van der Waals surface area contributed by atoms with Gasteiger partial charge in [0.2, 0.25) is 0 Å². The molecule has 3 heterocycles. The first-order valence-corrected chi connectivity index (χ1v) is 7.42. The van der Waals surface area contributed by atoms with E-state index in [0.717, 1.165) is 35.8 Å². The van der Waals surface area contributed by atoms with Gasteiger partial charge in [0.25, 0.3) is 0 Å². The van der Waals surface area contributed by atoms with E-state index in [1.165, 1.54) is 24.2 Å². The first-order chi connectivity index (χ1) is 9.22. The molecule has 1 aliphatic heterocycles. The third-order valence-electron chi connectivity index (χ3n) is 3.35. The molecule has 1 fully saturated rings. The normalized spacial score (nSPS) is 19.7. The SMILES string of the molecule is Cc1nc(N)sc1-c1ccn(C[C@H]2CCCCO2)n1. The van der Waals surface area contributed by atoms with Crippen LogP contribution in [0.25, 0.3) is 10.6 Å². The van der Waals surface area contributed by atoms with Gasteiger partial charge >= 0.3 is 0 Å². The van der Waals surface area contributed by atoms with Gasteiger partial charge < -0.3 is 10.5 Å². The molecule has 102 valence electrons. The monoisotopic (exact) mass is 278 g/mol. The second kappa shape index (κ2) is 5.30. The zero-order chi connectivity index (χ0) is 13.2. The van der Waals surface area contributed by atoms with Gasteiger partial charge in [-0.05, 0) is 32.3 Å². The Morgan fingerprint density at radius 2 is 2.42 bits per heavy atom. The van der Waals surface area contributed by atoms with Gasteiger partial charge in [-0.1, -0.05) is 11.3 Å². The maximum Gasteiger partial charge on any atom is 0.180 e. The summed E-state index contributed by atoms with van der Waals surface area (Å²) in [5, 5.41) is 5.20. The molecule has 2 aromatic rings. The molecule has 1 aliphatic rings. The number of nitrogens with zero attached hydrogens (tertiary/aromatic N) is 3. The van der Waals surface area contributed by atoms with Crippen molar-refractivity contribution in [2.75, 3.05) is 12.3 Å². The van der Waals surface area contributed by atoms with Crippen LogP contribution in [0.2, 0.25) is 0 Å². The minimum Gasteiger partial charge on any atom is -0.376 e. The molecule has 0 spiro atoms. The van der Waals surface area contributed by atoms with Gasteiger partial charge in [0.1, 0.15) is 5.69 Å². The van der Waals surface area contributed by atoms with Crippen LogP contribution in [0.3, 0.4) is 0 Å². The van der Waals surface area contributed by atoms with Crippen LogP contribution >= 0.6 is 11.3 Å². The van der Waals surface area contributed by atoms with E-state index >= 15 is 0 Å². The lowest BCUT2D eigenvalue weighted by Crippen LogP contribution is -2.24. The summed E-state index contributed by atoms with van der Waals surface area (Å²) in [6.07, 6.45) is 5.86. The van der Waals surface area contributed by atoms with Crippen LogP contribution in [0, 0.1) is 6.92 Å². The second-order valence-electron chi connectivity index (χ2n) is 4.88. The van der Waals surface area contributed by atoms with E-state index in [1.54, 1.807) is 0 Å². The summed E-state index contributed by atoms with van der Waals surface area (Å²) in [5.74, 6) is 0. The molecular weight excluding hydrogens is 260 g/mol. The van der Waals surface area contributed by atoms with Crippen molar-refractivity contribution in [3.05, 3.63) is 18.0 Å². The molecule has 19 heavy (non-hydrogen) atoms. The highest BCUT2D eigenvalue weighted by Gasteiger charge is 2.16. The van der Waals surface area contributed by atoms with E-state index in [4.69, 9.17) is 10.5 Å². The second-order valence-corrected chi connectivity index (χ2v) is 5.91. The van der Waals surface area contributed by atoms with Crippen molar-refractivity contribution >= 4 is 16.5 Å². The molecule has 6 heteroatoms. The largest absolute Gasteiger partial charge is 0.376 e. The van der Waals surface area contributed by atoms with Crippen LogP contribution in [0.4, 0.5) is 5.13 Å². The molecule has 0 aromatic carbocycles. The molecule has 0 saturated carbocycles. The number of hydrogen-bond donors (Lipinski definition) is 1. The zero-order valence-electron chi connectivity index (χ0n) is 11.0. The third kappa shape index (κ3) is 2.79. The van der Waals surface area contributed by atoms with Crippen molar-refractivity contribution in [2.24, 2.45) is 0 Å². The molecule has 0 aliphatic carbocycles. The van der Waals surface area contributed by atoms with Crippen LogP contribution in [0.1, 0.15) is 25.0 Å². The van der Waals surface area contributed by atoms with Gasteiger partial charge in [0.15, 0.2) is 5.13 Å². The molecule has 1 atom stereocenters. The van der Waals surface area contributed by atoms with Crippen LogP contribution in [0.15, 0.2) is 12.3 Å². The van der Waals surface area contributed by atoms with Crippen LogP contribution < -0.4 is 5.73 Å². The molecule has 3 rings (SSSR count). The Bertz CT molecular complexity index is 557. The first-order valence-electron chi connectivity index (χ1n) is 6.61. The Morgan fingerprint density at radius 1 is 1.53 bits per heavy atom. The summed E-state index contributed by atoms with van der Waals surface area (Å²) in [5.41, 5.74) is 7.62. The fraction of sp³-hybridized carbons (Fsp3) is 0.538. The Balaban J connectivity index is 1.74. The van der Waals surface area contributed by atoms with E-state index in [0.29, 0.717) is 11.2 Å². The third-order valence-corrected chi connectivity index (χ3v) is 4.36. The lowest BCUT2D eigenvalue weighted by molar-refractivity contribution is 0.00403. The lowest BCUT2D eigenvalue weighted by Gasteiger charge is -2.22. The maximum atomic E-state index is 5.73. The molecule has 1 saturated heterocycles. The first kappa shape index (κ1) is 12.6. The van der Waals surface area contributed by atoms with E-state index in [1.807, 2.05) is 23.9 Å². The van der Waals surface area contributed by atoms with Gasteiger partial charge in [-0.3, -0.25) is 4.68 Å². The summed E-state index contributed by atoms with van der Waals surface area (Å²) in [4.78, 5) is 5.29. The van der Waals surface area contributed by atoms with Crippen molar-refractivity contribution in [3.8, 4) is 10.6 Å². The average molecular weight is 278 g/mol. The number of nitrogens with two attached hydrogens (primary N) is 1. The molecule has 0 radical (unpaired) electrons. The predicted octanol–water partition coefficient (Wildman–Crippen LogP) is 2.47. The molecule has 0 bridgehead atoms. The average Bonchev–Trinajstić information content (AvgIpc) is 2.97. The summed E-state index contributed by atoms with van der Waals surface area (Å²) in [6.45, 7) is 3.67. The van der Waals surface area contributed by atoms with Crippen molar-refractivity contribution in [1.29, 1.82) is 0 Å². The number of anilines is 1. The number of ether oxygens (including phenoxy) is 1. The van der Waals surface area contributed by atoms with E-state index in [2.05, 4.69) is 10.1 Å². The minimum absolute atomic E-state index is 0.300. The Hall–Kier alpha value is -1.40. The van der Waals surface area contributed by atoms with Gasteiger partial charge in [0, 0.05) is 12.8 Å². The molecule has 5 nitrogen and oxygen atoms in total. The summed E-state index contributed by atoms with van der Waals surface area (Å²) >= 11 is 1.49. The number of aromatic nitrogens is 3. The zero-order valence-corrected chi connectivity index (χ0v) is 11.8. The number of nitrogen functional groups attached to an aromatic ring is 1. The Labute approximate surface area is 116 Å². The van der Waals surface area contributed by atoms with Crippen LogP contribution in [-0.2, 0) is 11.3 Å². The van der Waals surface area contributed by atoms with Crippen LogP contribution in [-0.4, -0.2) is 27.5 Å². The van der Waals surface area contributed by atoms with Gasteiger partial charge in [-0.15, -0.1) is 0 Å². The van der Waals surface area contributed by atoms with E-state index in [9.17, 15) is 0 Å². The number of aryl methyl sites for hydroxylation is 1. The predicted molar refractivity (Wildman–Crippen MR) is 76.1 cm³/mol. The summed E-state index contributed by atoms with van der Waals surface area (Å²) in [7, 11) is 0. The quantitative estimate of drug-likeness (QED) is 0.936. The summed E-state index contributed by atoms with van der Waals surface area (Å²) in [6, 6.07) is 2.02. The topological polar surface area (TPSA) is 66.0 Å². The van der Waals surface area contributed by atoms with Crippen LogP contribution in [0.5, 0.6) is 0 Å². The molecular formula is C13H18N4OS. The fourth-order valence-electron chi connectivity index (χ4n) is 2.40. The highest BCUT2D eigenvalue weighted by atomic mass is 32.1. The number of thiazole rings is 1. The Morgan fingerprint density at radius 3 is 3.11 bits per heavy atom. The maximum absolute atomic E-state index is 5.73. The van der Waals surface area contributed by atoms with Gasteiger partial charge in [-0.2, -0.15) is 5.10 Å². The van der Waals surface area contributed by atoms with E-state index < -0.39 is 0 Å². The molecule has 2 aromatic heterocycles. The smallest absolute Gasteiger partial charge is 0.180 e. The van der Waals surface area contributed by atoms with Gasteiger partial charge in [0.05, 0.1) is 23.2 Å². The Kier molecular flexibility index (Phi) is 3.52. The standard InChI is InChI=1S/C13H18N4OS/c1-9-12(19-13(14)15-9)11-5-6-17(16-11)8-10-4-2-3-7-18-10/h5-6,10H,2-4,7-8H2,1H3,(H2,14,15)/t10-/m1/s1. The number of rotatable bonds is 3. The minimum atomic E-state index is 0.300. The molecule has 0 amide bonds. The van der Waals surface area contributed by atoms with Gasteiger partial charge in [-0.25, -0.2) is 4.98 Å². The number of hydrogen-bond acceptors (Lipinski definition) is 5. The fourth-order valence-corrected chi connectivity index (χ4v) is 3.20.